The van der Waals surface area contributed by atoms with Gasteiger partial charge in [-0.1, -0.05) is 42.5 Å². The van der Waals surface area contributed by atoms with E-state index >= 15 is 0 Å². The number of hydrogen-bond donors (Lipinski definition) is 2. The largest absolute Gasteiger partial charge is 0.497 e. The van der Waals surface area contributed by atoms with Crippen LogP contribution >= 0.6 is 0 Å². The Labute approximate surface area is 160 Å². The van der Waals surface area contributed by atoms with Crippen LogP contribution in [0.2, 0.25) is 0 Å². The molecule has 1 saturated heterocycles. The fraction of sp³-hybridized carbons (Fsp3) is 0.381. The number of amides is 2. The first kappa shape index (κ1) is 19.2. The van der Waals surface area contributed by atoms with Gasteiger partial charge in [0, 0.05) is 26.2 Å². The molecule has 27 heavy (non-hydrogen) atoms. The van der Waals surface area contributed by atoms with E-state index < -0.39 is 0 Å². The molecule has 2 aromatic rings. The molecule has 0 spiro atoms. The summed E-state index contributed by atoms with van der Waals surface area (Å²) in [5, 5.41) is 5.92. The SMILES string of the molecule is COc1cccc(CNC(=O)NCC(c2ccccc2)N2CCOCC2)c1. The second-order valence-corrected chi connectivity index (χ2v) is 6.49. The van der Waals surface area contributed by atoms with Crippen LogP contribution in [0.25, 0.3) is 0 Å². The standard InChI is InChI=1S/C21H27N3O3/c1-26-19-9-5-6-17(14-19)15-22-21(25)23-16-20(18-7-3-2-4-8-18)24-10-12-27-13-11-24/h2-9,14,20H,10-13,15-16H2,1H3,(H2,22,23,25). The number of ether oxygens (including phenoxy) is 2. The molecule has 1 heterocycles. The van der Waals surface area contributed by atoms with E-state index in [2.05, 4.69) is 27.7 Å². The first-order valence-corrected chi connectivity index (χ1v) is 9.27. The van der Waals surface area contributed by atoms with Crippen LogP contribution in [0.5, 0.6) is 5.75 Å². The minimum absolute atomic E-state index is 0.137. The maximum Gasteiger partial charge on any atom is 0.315 e. The van der Waals surface area contributed by atoms with Crippen LogP contribution in [0.4, 0.5) is 4.79 Å². The third kappa shape index (κ3) is 5.70. The van der Waals surface area contributed by atoms with Gasteiger partial charge < -0.3 is 20.1 Å². The number of benzene rings is 2. The molecular weight excluding hydrogens is 342 g/mol. The van der Waals surface area contributed by atoms with Gasteiger partial charge in [-0.15, -0.1) is 0 Å². The molecular formula is C21H27N3O3. The lowest BCUT2D eigenvalue weighted by Crippen LogP contribution is -2.45. The lowest BCUT2D eigenvalue weighted by molar-refractivity contribution is 0.0167. The zero-order valence-electron chi connectivity index (χ0n) is 15.7. The molecule has 0 aromatic heterocycles. The zero-order chi connectivity index (χ0) is 18.9. The summed E-state index contributed by atoms with van der Waals surface area (Å²) < 4.78 is 10.7. The van der Waals surface area contributed by atoms with E-state index in [0.717, 1.165) is 37.6 Å². The van der Waals surface area contributed by atoms with Gasteiger partial charge in [-0.05, 0) is 23.3 Å². The van der Waals surface area contributed by atoms with E-state index in [9.17, 15) is 4.79 Å². The summed E-state index contributed by atoms with van der Waals surface area (Å²) in [6, 6.07) is 17.9. The molecule has 0 bridgehead atoms. The molecule has 0 aliphatic carbocycles. The lowest BCUT2D eigenvalue weighted by atomic mass is 10.0. The van der Waals surface area contributed by atoms with Gasteiger partial charge >= 0.3 is 6.03 Å². The molecule has 6 nitrogen and oxygen atoms in total. The summed E-state index contributed by atoms with van der Waals surface area (Å²) in [5.74, 6) is 0.783. The third-order valence-electron chi connectivity index (χ3n) is 4.71. The van der Waals surface area contributed by atoms with Crippen LogP contribution in [0.3, 0.4) is 0 Å². The molecule has 1 aliphatic rings. The summed E-state index contributed by atoms with van der Waals surface area (Å²) in [5.41, 5.74) is 2.20. The van der Waals surface area contributed by atoms with Gasteiger partial charge in [0.25, 0.3) is 0 Å². The van der Waals surface area contributed by atoms with Crippen molar-refractivity contribution in [3.8, 4) is 5.75 Å². The monoisotopic (exact) mass is 369 g/mol. The first-order valence-electron chi connectivity index (χ1n) is 9.27. The average Bonchev–Trinajstić information content (AvgIpc) is 2.74. The first-order chi connectivity index (χ1) is 13.3. The van der Waals surface area contributed by atoms with Crippen LogP contribution in [-0.4, -0.2) is 50.9 Å². The molecule has 2 amide bonds. The molecule has 1 aliphatic heterocycles. The number of morpholine rings is 1. The molecule has 1 atom stereocenters. The molecule has 144 valence electrons. The molecule has 0 radical (unpaired) electrons. The van der Waals surface area contributed by atoms with Gasteiger partial charge in [-0.2, -0.15) is 0 Å². The van der Waals surface area contributed by atoms with Crippen LogP contribution in [0, 0.1) is 0 Å². The summed E-state index contributed by atoms with van der Waals surface area (Å²) in [7, 11) is 1.63. The molecule has 2 aromatic carbocycles. The zero-order valence-corrected chi connectivity index (χ0v) is 15.7. The van der Waals surface area contributed by atoms with E-state index in [-0.39, 0.29) is 12.1 Å². The number of carbonyl (C=O) groups excluding carboxylic acids is 1. The molecule has 1 unspecified atom stereocenters. The van der Waals surface area contributed by atoms with Crippen molar-refractivity contribution in [1.29, 1.82) is 0 Å². The van der Waals surface area contributed by atoms with E-state index in [1.165, 1.54) is 5.56 Å². The highest BCUT2D eigenvalue weighted by Gasteiger charge is 2.22. The smallest absolute Gasteiger partial charge is 0.315 e. The Morgan fingerprint density at radius 2 is 1.89 bits per heavy atom. The molecule has 1 fully saturated rings. The Morgan fingerprint density at radius 1 is 1.11 bits per heavy atom. The Hall–Kier alpha value is -2.57. The Morgan fingerprint density at radius 3 is 2.63 bits per heavy atom. The maximum atomic E-state index is 12.3. The molecule has 0 saturated carbocycles. The molecule has 6 heteroatoms. The number of rotatable bonds is 7. The molecule has 2 N–H and O–H groups in total. The normalized spacial score (nSPS) is 15.7. The van der Waals surface area contributed by atoms with Crippen LogP contribution in [0.1, 0.15) is 17.2 Å². The summed E-state index contributed by atoms with van der Waals surface area (Å²) in [6.45, 7) is 4.20. The Kier molecular flexibility index (Phi) is 7.07. The van der Waals surface area contributed by atoms with Crippen molar-refractivity contribution >= 4 is 6.03 Å². The van der Waals surface area contributed by atoms with Gasteiger partial charge in [0.2, 0.25) is 0 Å². The third-order valence-corrected chi connectivity index (χ3v) is 4.71. The number of hydrogen-bond acceptors (Lipinski definition) is 4. The maximum absolute atomic E-state index is 12.3. The number of nitrogens with one attached hydrogen (secondary N) is 2. The number of nitrogens with zero attached hydrogens (tertiary/aromatic N) is 1. The van der Waals surface area contributed by atoms with Crippen molar-refractivity contribution in [3.05, 3.63) is 65.7 Å². The van der Waals surface area contributed by atoms with Crippen molar-refractivity contribution in [3.63, 3.8) is 0 Å². The van der Waals surface area contributed by atoms with Crippen molar-refractivity contribution in [2.75, 3.05) is 40.0 Å². The van der Waals surface area contributed by atoms with E-state index in [1.54, 1.807) is 7.11 Å². The van der Waals surface area contributed by atoms with Crippen LogP contribution in [-0.2, 0) is 11.3 Å². The second-order valence-electron chi connectivity index (χ2n) is 6.49. The van der Waals surface area contributed by atoms with Crippen LogP contribution in [0.15, 0.2) is 54.6 Å². The fourth-order valence-corrected chi connectivity index (χ4v) is 3.24. The highest BCUT2D eigenvalue weighted by atomic mass is 16.5. The van der Waals surface area contributed by atoms with E-state index in [1.807, 2.05) is 42.5 Å². The number of carbonyl (C=O) groups is 1. The van der Waals surface area contributed by atoms with Gasteiger partial charge in [-0.3, -0.25) is 4.90 Å². The minimum Gasteiger partial charge on any atom is -0.497 e. The van der Waals surface area contributed by atoms with Gasteiger partial charge in [-0.25, -0.2) is 4.79 Å². The Balaban J connectivity index is 1.55. The summed E-state index contributed by atoms with van der Waals surface area (Å²) in [4.78, 5) is 14.7. The highest BCUT2D eigenvalue weighted by molar-refractivity contribution is 5.73. The van der Waals surface area contributed by atoms with Crippen molar-refractivity contribution in [2.24, 2.45) is 0 Å². The van der Waals surface area contributed by atoms with Crippen LogP contribution < -0.4 is 15.4 Å². The summed E-state index contributed by atoms with van der Waals surface area (Å²) in [6.07, 6.45) is 0. The number of methoxy groups -OCH3 is 1. The molecule has 3 rings (SSSR count). The number of urea groups is 1. The predicted octanol–water partition coefficient (Wildman–Crippen LogP) is 2.57. The lowest BCUT2D eigenvalue weighted by Gasteiger charge is -2.34. The second kappa shape index (κ2) is 9.94. The van der Waals surface area contributed by atoms with Gasteiger partial charge in [0.05, 0.1) is 26.4 Å². The average molecular weight is 369 g/mol. The van der Waals surface area contributed by atoms with Crippen molar-refractivity contribution in [1.82, 2.24) is 15.5 Å². The van der Waals surface area contributed by atoms with Gasteiger partial charge in [0.1, 0.15) is 5.75 Å². The Bertz CT molecular complexity index is 718. The topological polar surface area (TPSA) is 62.8 Å². The van der Waals surface area contributed by atoms with Gasteiger partial charge in [0.15, 0.2) is 0 Å². The summed E-state index contributed by atoms with van der Waals surface area (Å²) >= 11 is 0. The quantitative estimate of drug-likeness (QED) is 0.787. The fourth-order valence-electron chi connectivity index (χ4n) is 3.24. The predicted molar refractivity (Wildman–Crippen MR) is 105 cm³/mol. The van der Waals surface area contributed by atoms with E-state index in [4.69, 9.17) is 9.47 Å². The highest BCUT2D eigenvalue weighted by Crippen LogP contribution is 2.21. The van der Waals surface area contributed by atoms with Crippen molar-refractivity contribution in [2.45, 2.75) is 12.6 Å². The van der Waals surface area contributed by atoms with Crippen molar-refractivity contribution < 1.29 is 14.3 Å². The minimum atomic E-state index is -0.174. The van der Waals surface area contributed by atoms with E-state index in [0.29, 0.717) is 13.1 Å².